The summed E-state index contributed by atoms with van der Waals surface area (Å²) in [6, 6.07) is 11.1. The molecular weight excluding hydrogens is 402 g/mol. The Morgan fingerprint density at radius 2 is 2.10 bits per heavy atom. The van der Waals surface area contributed by atoms with Gasteiger partial charge >= 0.3 is 0 Å². The molecule has 3 nitrogen and oxygen atoms in total. The molecule has 0 aliphatic rings. The number of halogens is 2. The standard InChI is InChI=1S/C15H12FIN2OS/c1-20-8-9-4-2-3-5-13(9)19-14-6-10(16)11(17)7-12(14)18-15(19)21/h2-7H,8H2,1H3,(H,18,21). The molecule has 0 atom stereocenters. The number of aromatic nitrogens is 2. The minimum atomic E-state index is -0.255. The van der Waals surface area contributed by atoms with Crippen molar-refractivity contribution in [3.05, 3.63) is 56.1 Å². The molecule has 1 heterocycles. The van der Waals surface area contributed by atoms with Crippen LogP contribution in [0.3, 0.4) is 0 Å². The molecule has 0 bridgehead atoms. The highest BCUT2D eigenvalue weighted by molar-refractivity contribution is 14.1. The topological polar surface area (TPSA) is 29.9 Å². The highest BCUT2D eigenvalue weighted by Crippen LogP contribution is 2.25. The lowest BCUT2D eigenvalue weighted by atomic mass is 10.2. The van der Waals surface area contributed by atoms with Gasteiger partial charge in [0.05, 0.1) is 26.9 Å². The number of hydrogen-bond donors (Lipinski definition) is 1. The van der Waals surface area contributed by atoms with Crippen LogP contribution >= 0.6 is 34.8 Å². The largest absolute Gasteiger partial charge is 0.380 e. The molecule has 0 amide bonds. The quantitative estimate of drug-likeness (QED) is 0.503. The first kappa shape index (κ1) is 14.7. The van der Waals surface area contributed by atoms with Crippen LogP contribution in [0.25, 0.3) is 16.7 Å². The van der Waals surface area contributed by atoms with Crippen LogP contribution in [0.2, 0.25) is 0 Å². The van der Waals surface area contributed by atoms with Crippen molar-refractivity contribution in [2.45, 2.75) is 6.61 Å². The van der Waals surface area contributed by atoms with E-state index in [1.807, 2.05) is 51.4 Å². The third-order valence-electron chi connectivity index (χ3n) is 3.26. The average molecular weight is 414 g/mol. The number of imidazole rings is 1. The van der Waals surface area contributed by atoms with E-state index in [9.17, 15) is 4.39 Å². The summed E-state index contributed by atoms with van der Waals surface area (Å²) in [5, 5.41) is 0. The molecule has 108 valence electrons. The summed E-state index contributed by atoms with van der Waals surface area (Å²) in [5.41, 5.74) is 3.44. The molecule has 0 aliphatic heterocycles. The SMILES string of the molecule is COCc1ccccc1-n1c(=S)[nH]c2cc(I)c(F)cc21. The van der Waals surface area contributed by atoms with Gasteiger partial charge in [-0.05, 0) is 46.9 Å². The zero-order valence-electron chi connectivity index (χ0n) is 11.2. The van der Waals surface area contributed by atoms with Gasteiger partial charge in [-0.15, -0.1) is 0 Å². The van der Waals surface area contributed by atoms with E-state index in [0.29, 0.717) is 14.9 Å². The van der Waals surface area contributed by atoms with Crippen molar-refractivity contribution in [3.8, 4) is 5.69 Å². The summed E-state index contributed by atoms with van der Waals surface area (Å²) in [7, 11) is 1.65. The van der Waals surface area contributed by atoms with Gasteiger partial charge < -0.3 is 9.72 Å². The van der Waals surface area contributed by atoms with E-state index in [1.165, 1.54) is 6.07 Å². The Kier molecular flexibility index (Phi) is 4.10. The van der Waals surface area contributed by atoms with Gasteiger partial charge in [-0.1, -0.05) is 18.2 Å². The maximum absolute atomic E-state index is 13.9. The van der Waals surface area contributed by atoms with Crippen molar-refractivity contribution >= 4 is 45.8 Å². The molecule has 0 radical (unpaired) electrons. The molecule has 0 saturated carbocycles. The zero-order valence-corrected chi connectivity index (χ0v) is 14.2. The van der Waals surface area contributed by atoms with Gasteiger partial charge in [-0.2, -0.15) is 0 Å². The number of fused-ring (bicyclic) bond motifs is 1. The molecule has 0 fully saturated rings. The van der Waals surface area contributed by atoms with E-state index in [1.54, 1.807) is 13.2 Å². The van der Waals surface area contributed by atoms with Crippen LogP contribution in [-0.2, 0) is 11.3 Å². The molecule has 0 unspecified atom stereocenters. The Bertz CT molecular complexity index is 872. The van der Waals surface area contributed by atoms with Crippen molar-refractivity contribution < 1.29 is 9.13 Å². The Morgan fingerprint density at radius 3 is 2.86 bits per heavy atom. The van der Waals surface area contributed by atoms with Crippen molar-refractivity contribution in [2.75, 3.05) is 7.11 Å². The van der Waals surface area contributed by atoms with E-state index in [-0.39, 0.29) is 5.82 Å². The highest BCUT2D eigenvalue weighted by Gasteiger charge is 2.12. The first-order valence-electron chi connectivity index (χ1n) is 6.29. The molecule has 2 aromatic carbocycles. The van der Waals surface area contributed by atoms with Crippen LogP contribution in [0, 0.1) is 14.2 Å². The number of para-hydroxylation sites is 1. The van der Waals surface area contributed by atoms with E-state index in [2.05, 4.69) is 4.98 Å². The molecule has 1 aromatic heterocycles. The van der Waals surface area contributed by atoms with Gasteiger partial charge in [-0.3, -0.25) is 4.57 Å². The third-order valence-corrected chi connectivity index (χ3v) is 4.37. The highest BCUT2D eigenvalue weighted by atomic mass is 127. The van der Waals surface area contributed by atoms with E-state index >= 15 is 0 Å². The number of rotatable bonds is 3. The third kappa shape index (κ3) is 2.63. The van der Waals surface area contributed by atoms with Crippen LogP contribution in [0.1, 0.15) is 5.56 Å². The van der Waals surface area contributed by atoms with E-state index < -0.39 is 0 Å². The molecule has 6 heteroatoms. The van der Waals surface area contributed by atoms with Crippen molar-refractivity contribution in [2.24, 2.45) is 0 Å². The molecule has 3 aromatic rings. The van der Waals surface area contributed by atoms with Crippen molar-refractivity contribution in [3.63, 3.8) is 0 Å². The van der Waals surface area contributed by atoms with Gasteiger partial charge in [-0.25, -0.2) is 4.39 Å². The summed E-state index contributed by atoms with van der Waals surface area (Å²) in [4.78, 5) is 3.13. The second kappa shape index (κ2) is 5.86. The van der Waals surface area contributed by atoms with Crippen molar-refractivity contribution in [1.29, 1.82) is 0 Å². The zero-order chi connectivity index (χ0) is 15.0. The van der Waals surface area contributed by atoms with Crippen molar-refractivity contribution in [1.82, 2.24) is 9.55 Å². The van der Waals surface area contributed by atoms with E-state index in [4.69, 9.17) is 17.0 Å². The number of nitrogens with zero attached hydrogens (tertiary/aromatic N) is 1. The first-order chi connectivity index (χ1) is 10.1. The van der Waals surface area contributed by atoms with Gasteiger partial charge in [0.25, 0.3) is 0 Å². The van der Waals surface area contributed by atoms with Gasteiger partial charge in [0.1, 0.15) is 5.82 Å². The number of aromatic amines is 1. The summed E-state index contributed by atoms with van der Waals surface area (Å²) in [5.74, 6) is -0.255. The Labute approximate surface area is 139 Å². The molecular formula is C15H12FIN2OS. The second-order valence-corrected chi connectivity index (χ2v) is 6.16. The predicted octanol–water partition coefficient (Wildman–Crippen LogP) is 4.58. The maximum atomic E-state index is 13.9. The normalized spacial score (nSPS) is 11.2. The van der Waals surface area contributed by atoms with Crippen LogP contribution in [0.4, 0.5) is 4.39 Å². The fraction of sp³-hybridized carbons (Fsp3) is 0.133. The van der Waals surface area contributed by atoms with E-state index in [0.717, 1.165) is 22.3 Å². The lowest BCUT2D eigenvalue weighted by Gasteiger charge is -2.11. The molecule has 21 heavy (non-hydrogen) atoms. The molecule has 3 rings (SSSR count). The molecule has 1 N–H and O–H groups in total. The van der Waals surface area contributed by atoms with Gasteiger partial charge in [0, 0.05) is 18.7 Å². The van der Waals surface area contributed by atoms with Crippen LogP contribution in [-0.4, -0.2) is 16.7 Å². The Morgan fingerprint density at radius 1 is 1.33 bits per heavy atom. The Hall–Kier alpha value is -1.25. The minimum absolute atomic E-state index is 0.255. The van der Waals surface area contributed by atoms with Gasteiger partial charge in [0.15, 0.2) is 4.77 Å². The number of nitrogens with one attached hydrogen (secondary N) is 1. The van der Waals surface area contributed by atoms with Gasteiger partial charge in [0.2, 0.25) is 0 Å². The number of methoxy groups -OCH3 is 1. The number of H-pyrrole nitrogens is 1. The Balaban J connectivity index is 2.33. The van der Waals surface area contributed by atoms with Crippen LogP contribution < -0.4 is 0 Å². The number of hydrogen-bond acceptors (Lipinski definition) is 2. The van der Waals surface area contributed by atoms with Crippen LogP contribution in [0.15, 0.2) is 36.4 Å². The van der Waals surface area contributed by atoms with Crippen LogP contribution in [0.5, 0.6) is 0 Å². The lowest BCUT2D eigenvalue weighted by molar-refractivity contribution is 0.185. The second-order valence-electron chi connectivity index (χ2n) is 4.61. The summed E-state index contributed by atoms with van der Waals surface area (Å²) in [6.45, 7) is 0.470. The monoisotopic (exact) mass is 414 g/mol. The summed E-state index contributed by atoms with van der Waals surface area (Å²) >= 11 is 7.38. The molecule has 0 spiro atoms. The summed E-state index contributed by atoms with van der Waals surface area (Å²) < 4.78 is 22.1. The average Bonchev–Trinajstić information content (AvgIpc) is 2.76. The fourth-order valence-corrected chi connectivity index (χ4v) is 3.12. The fourth-order valence-electron chi connectivity index (χ4n) is 2.35. The minimum Gasteiger partial charge on any atom is -0.380 e. The molecule has 0 saturated heterocycles. The first-order valence-corrected chi connectivity index (χ1v) is 7.77. The lowest BCUT2D eigenvalue weighted by Crippen LogP contribution is -2.01. The number of benzene rings is 2. The molecule has 0 aliphatic carbocycles. The number of ether oxygens (including phenoxy) is 1. The predicted molar refractivity (Wildman–Crippen MR) is 91.8 cm³/mol. The maximum Gasteiger partial charge on any atom is 0.182 e. The smallest absolute Gasteiger partial charge is 0.182 e. The summed E-state index contributed by atoms with van der Waals surface area (Å²) in [6.07, 6.45) is 0.